The number of hydrogen-bond donors (Lipinski definition) is 1. The summed E-state index contributed by atoms with van der Waals surface area (Å²) in [6.45, 7) is 3.47. The van der Waals surface area contributed by atoms with E-state index in [1.807, 2.05) is 0 Å². The van der Waals surface area contributed by atoms with E-state index in [0.29, 0.717) is 34.6 Å². The Balaban J connectivity index is 1.59. The molecular weight excluding hydrogens is 457 g/mol. The first-order valence-corrected chi connectivity index (χ1v) is 13.1. The van der Waals surface area contributed by atoms with Crippen molar-refractivity contribution < 1.29 is 13.2 Å². The third-order valence-corrected chi connectivity index (χ3v) is 10.0. The fourth-order valence-corrected chi connectivity index (χ4v) is 8.25. The summed E-state index contributed by atoms with van der Waals surface area (Å²) in [6.07, 6.45) is 7.27. The van der Waals surface area contributed by atoms with Gasteiger partial charge in [-0.15, -0.1) is 0 Å². The Labute approximate surface area is 193 Å². The number of amidine groups is 1. The van der Waals surface area contributed by atoms with Gasteiger partial charge in [-0.3, -0.25) is 10.3 Å². The van der Waals surface area contributed by atoms with Crippen LogP contribution in [0.2, 0.25) is 10.0 Å². The molecule has 1 aromatic rings. The Bertz CT molecular complexity index is 1050. The van der Waals surface area contributed by atoms with Crippen LogP contribution in [0.3, 0.4) is 0 Å². The highest BCUT2D eigenvalue weighted by Crippen LogP contribution is 2.59. The molecule has 0 aromatic heterocycles. The predicted octanol–water partition coefficient (Wildman–Crippen LogP) is 4.90. The minimum absolute atomic E-state index is 0.0481. The van der Waals surface area contributed by atoms with Gasteiger partial charge < -0.3 is 4.74 Å². The van der Waals surface area contributed by atoms with Crippen molar-refractivity contribution in [3.63, 3.8) is 0 Å². The minimum atomic E-state index is -3.18. The number of rotatable bonds is 5. The van der Waals surface area contributed by atoms with E-state index in [0.717, 1.165) is 19.3 Å². The summed E-state index contributed by atoms with van der Waals surface area (Å²) in [5, 5.41) is 19.7. The zero-order chi connectivity index (χ0) is 22.8. The topological polar surface area (TPSA) is 94.2 Å². The molecule has 0 aliphatic heterocycles. The number of sulfone groups is 1. The molecule has 4 bridgehead atoms. The molecule has 2 atom stereocenters. The highest BCUT2D eigenvalue weighted by atomic mass is 35.5. The molecule has 0 radical (unpaired) electrons. The van der Waals surface area contributed by atoms with E-state index >= 15 is 0 Å². The lowest BCUT2D eigenvalue weighted by atomic mass is 9.53. The van der Waals surface area contributed by atoms with Gasteiger partial charge in [-0.05, 0) is 81.9 Å². The zero-order valence-corrected chi connectivity index (χ0v) is 20.2. The SMILES string of the molecule is CC(C)(Oc1ccc(Cl)cc1Cl)C(=N)N(C#N)C1C2CC3CC1CC(S(C)(=O)=O)(C3)C2. The summed E-state index contributed by atoms with van der Waals surface area (Å²) in [5.74, 6) is 0.980. The second-order valence-corrected chi connectivity index (χ2v) is 13.2. The lowest BCUT2D eigenvalue weighted by Gasteiger charge is -2.60. The van der Waals surface area contributed by atoms with Crippen LogP contribution < -0.4 is 4.74 Å². The van der Waals surface area contributed by atoms with Gasteiger partial charge >= 0.3 is 0 Å². The molecule has 9 heteroatoms. The molecule has 0 heterocycles. The van der Waals surface area contributed by atoms with Crippen molar-refractivity contribution in [3.05, 3.63) is 28.2 Å². The molecule has 0 spiro atoms. The van der Waals surface area contributed by atoms with Crippen molar-refractivity contribution in [2.24, 2.45) is 17.8 Å². The standard InChI is InChI=1S/C22H27Cl2N3O3S/c1-21(2,30-18-5-4-16(23)8-17(18)24)20(26)27(12-25)19-14-6-13-7-15(19)11-22(9-13,10-14)31(3,28)29/h4-5,8,13-15,19,26H,6-7,9-11H2,1-3H3. The second kappa shape index (κ2) is 7.54. The average molecular weight is 484 g/mol. The first-order valence-electron chi connectivity index (χ1n) is 10.5. The van der Waals surface area contributed by atoms with Gasteiger partial charge in [0.1, 0.15) is 5.75 Å². The predicted molar refractivity (Wildman–Crippen MR) is 121 cm³/mol. The van der Waals surface area contributed by atoms with E-state index in [4.69, 9.17) is 33.3 Å². The Morgan fingerprint density at radius 3 is 2.39 bits per heavy atom. The monoisotopic (exact) mass is 483 g/mol. The molecule has 5 rings (SSSR count). The van der Waals surface area contributed by atoms with Gasteiger partial charge in [0.15, 0.2) is 27.5 Å². The first-order chi connectivity index (χ1) is 14.4. The lowest BCUT2D eigenvalue weighted by molar-refractivity contribution is -0.0242. The van der Waals surface area contributed by atoms with Crippen LogP contribution in [0.25, 0.3) is 0 Å². The number of halogens is 2. The molecule has 6 nitrogen and oxygen atoms in total. The van der Waals surface area contributed by atoms with Crippen LogP contribution in [-0.2, 0) is 9.84 Å². The number of nitrogens with one attached hydrogen (secondary N) is 1. The molecule has 1 N–H and O–H groups in total. The van der Waals surface area contributed by atoms with Crippen molar-refractivity contribution in [2.75, 3.05) is 6.26 Å². The van der Waals surface area contributed by atoms with Crippen molar-refractivity contribution >= 4 is 38.9 Å². The molecule has 2 unspecified atom stereocenters. The van der Waals surface area contributed by atoms with Gasteiger partial charge in [-0.1, -0.05) is 23.2 Å². The molecule has 4 aliphatic rings. The summed E-state index contributed by atoms with van der Waals surface area (Å²) in [5.41, 5.74) is -1.11. The number of benzene rings is 1. The lowest BCUT2D eigenvalue weighted by Crippen LogP contribution is -2.65. The molecule has 4 fully saturated rings. The van der Waals surface area contributed by atoms with Crippen molar-refractivity contribution in [1.82, 2.24) is 4.90 Å². The Morgan fingerprint density at radius 2 is 1.87 bits per heavy atom. The van der Waals surface area contributed by atoms with Crippen LogP contribution >= 0.6 is 23.2 Å². The third-order valence-electron chi connectivity index (χ3n) is 7.43. The van der Waals surface area contributed by atoms with E-state index in [-0.39, 0.29) is 23.7 Å². The molecule has 31 heavy (non-hydrogen) atoms. The maximum Gasteiger partial charge on any atom is 0.185 e. The molecular formula is C22H27Cl2N3O3S. The van der Waals surface area contributed by atoms with Gasteiger partial charge in [-0.2, -0.15) is 5.26 Å². The summed E-state index contributed by atoms with van der Waals surface area (Å²) >= 11 is 12.2. The van der Waals surface area contributed by atoms with Gasteiger partial charge in [0.2, 0.25) is 0 Å². The van der Waals surface area contributed by atoms with Gasteiger partial charge in [0.05, 0.1) is 15.8 Å². The highest BCUT2D eigenvalue weighted by Gasteiger charge is 2.61. The second-order valence-electron chi connectivity index (χ2n) is 9.92. The Hall–Kier alpha value is -1.49. The molecule has 4 aliphatic carbocycles. The molecule has 0 amide bonds. The summed E-state index contributed by atoms with van der Waals surface area (Å²) < 4.78 is 30.6. The van der Waals surface area contributed by atoms with E-state index in [9.17, 15) is 13.7 Å². The number of nitrogens with zero attached hydrogens (tertiary/aromatic N) is 2. The number of nitriles is 1. The first kappa shape index (κ1) is 22.7. The molecule has 168 valence electrons. The van der Waals surface area contributed by atoms with Crippen molar-refractivity contribution in [2.45, 2.75) is 62.3 Å². The quantitative estimate of drug-likeness (QED) is 0.278. The van der Waals surface area contributed by atoms with Crippen LogP contribution in [0, 0.1) is 34.6 Å². The zero-order valence-electron chi connectivity index (χ0n) is 17.9. The third kappa shape index (κ3) is 3.81. The maximum absolute atomic E-state index is 12.6. The molecule has 1 aromatic carbocycles. The summed E-state index contributed by atoms with van der Waals surface area (Å²) in [4.78, 5) is 1.47. The van der Waals surface area contributed by atoms with E-state index in [1.54, 1.807) is 32.0 Å². The Morgan fingerprint density at radius 1 is 1.26 bits per heavy atom. The van der Waals surface area contributed by atoms with E-state index < -0.39 is 20.2 Å². The van der Waals surface area contributed by atoms with E-state index in [1.165, 1.54) is 11.2 Å². The van der Waals surface area contributed by atoms with Crippen LogP contribution in [0.1, 0.15) is 46.0 Å². The van der Waals surface area contributed by atoms with Crippen molar-refractivity contribution in [1.29, 1.82) is 10.7 Å². The molecule has 4 saturated carbocycles. The fraction of sp³-hybridized carbons (Fsp3) is 0.636. The van der Waals surface area contributed by atoms with Crippen LogP contribution in [0.15, 0.2) is 18.2 Å². The fourth-order valence-electron chi connectivity index (χ4n) is 6.24. The van der Waals surface area contributed by atoms with Gasteiger partial charge in [0, 0.05) is 11.3 Å². The van der Waals surface area contributed by atoms with Crippen molar-refractivity contribution in [3.8, 4) is 11.9 Å². The normalized spacial score (nSPS) is 31.9. The molecule has 0 saturated heterocycles. The maximum atomic E-state index is 12.6. The minimum Gasteiger partial charge on any atom is -0.478 e. The van der Waals surface area contributed by atoms with Crippen LogP contribution in [0.4, 0.5) is 0 Å². The van der Waals surface area contributed by atoms with Crippen LogP contribution in [0.5, 0.6) is 5.75 Å². The van der Waals surface area contributed by atoms with Gasteiger partial charge in [-0.25, -0.2) is 8.42 Å². The smallest absolute Gasteiger partial charge is 0.185 e. The van der Waals surface area contributed by atoms with Gasteiger partial charge in [0.25, 0.3) is 0 Å². The highest BCUT2D eigenvalue weighted by molar-refractivity contribution is 7.92. The summed E-state index contributed by atoms with van der Waals surface area (Å²) in [7, 11) is -3.18. The average Bonchev–Trinajstić information content (AvgIpc) is 2.65. The number of hydrogen-bond acceptors (Lipinski definition) is 5. The summed E-state index contributed by atoms with van der Waals surface area (Å²) in [6, 6.07) is 4.71. The van der Waals surface area contributed by atoms with E-state index in [2.05, 4.69) is 6.19 Å². The largest absolute Gasteiger partial charge is 0.478 e. The number of ether oxygens (including phenoxy) is 1. The van der Waals surface area contributed by atoms with Crippen LogP contribution in [-0.4, -0.2) is 41.8 Å². The Kier molecular flexibility index (Phi) is 5.52.